The third-order valence-corrected chi connectivity index (χ3v) is 4.77. The molecule has 3 nitrogen and oxygen atoms in total. The summed E-state index contributed by atoms with van der Waals surface area (Å²) in [6, 6.07) is 6.41. The van der Waals surface area contributed by atoms with Crippen LogP contribution in [0.25, 0.3) is 0 Å². The fourth-order valence-corrected chi connectivity index (χ4v) is 3.70. The zero-order valence-corrected chi connectivity index (χ0v) is 10.6. The van der Waals surface area contributed by atoms with Crippen molar-refractivity contribution in [1.82, 2.24) is 0 Å². The lowest BCUT2D eigenvalue weighted by atomic mass is 10.1. The molecule has 5 heteroatoms. The van der Waals surface area contributed by atoms with Crippen LogP contribution in [0.5, 0.6) is 0 Å². The van der Waals surface area contributed by atoms with E-state index in [9.17, 15) is 8.42 Å². The molecule has 0 radical (unpaired) electrons. The van der Waals surface area contributed by atoms with Crippen molar-refractivity contribution in [2.75, 3.05) is 12.4 Å². The minimum Gasteiger partial charge on any atom is -0.396 e. The molecule has 1 aromatic carbocycles. The Hall–Kier alpha value is -0.580. The molecule has 0 fully saturated rings. The normalized spacial score (nSPS) is 13.7. The van der Waals surface area contributed by atoms with Crippen molar-refractivity contribution in [3.05, 3.63) is 29.3 Å². The van der Waals surface area contributed by atoms with Gasteiger partial charge in [-0.15, -0.1) is 0 Å². The van der Waals surface area contributed by atoms with Gasteiger partial charge >= 0.3 is 0 Å². The van der Waals surface area contributed by atoms with Crippen molar-refractivity contribution in [2.24, 2.45) is 5.92 Å². The van der Waals surface area contributed by atoms with Gasteiger partial charge in [0.2, 0.25) is 0 Å². The number of aliphatic hydroxyl groups excluding tert-OH is 1. The molecule has 16 heavy (non-hydrogen) atoms. The standard InChI is InChI=1S/C11H15ClO3S/c1-9(6-7-13)8-16(14,15)11-5-3-2-4-10(11)12/h2-5,9,13H,6-8H2,1H3. The van der Waals surface area contributed by atoms with Crippen LogP contribution in [-0.4, -0.2) is 25.9 Å². The molecule has 1 N–H and O–H groups in total. The Bertz CT molecular complexity index is 442. The molecule has 0 aliphatic rings. The van der Waals surface area contributed by atoms with Gasteiger partial charge in [-0.1, -0.05) is 30.7 Å². The number of hydrogen-bond acceptors (Lipinski definition) is 3. The van der Waals surface area contributed by atoms with Gasteiger partial charge in [-0.25, -0.2) is 8.42 Å². The minimum absolute atomic E-state index is 0.000785. The van der Waals surface area contributed by atoms with E-state index < -0.39 is 9.84 Å². The lowest BCUT2D eigenvalue weighted by Crippen LogP contribution is -2.15. The van der Waals surface area contributed by atoms with E-state index in [1.807, 2.05) is 0 Å². The van der Waals surface area contributed by atoms with Crippen LogP contribution in [0.4, 0.5) is 0 Å². The minimum atomic E-state index is -3.36. The zero-order chi connectivity index (χ0) is 12.2. The molecule has 0 aliphatic heterocycles. The Morgan fingerprint density at radius 1 is 1.38 bits per heavy atom. The van der Waals surface area contributed by atoms with Gasteiger partial charge in [0.15, 0.2) is 9.84 Å². The summed E-state index contributed by atoms with van der Waals surface area (Å²) in [7, 11) is -3.36. The highest BCUT2D eigenvalue weighted by atomic mass is 35.5. The number of aliphatic hydroxyl groups is 1. The molecule has 0 aromatic heterocycles. The molecule has 1 aromatic rings. The highest BCUT2D eigenvalue weighted by Gasteiger charge is 2.20. The van der Waals surface area contributed by atoms with Gasteiger partial charge in [0.1, 0.15) is 0 Å². The maximum atomic E-state index is 12.0. The quantitative estimate of drug-likeness (QED) is 0.885. The van der Waals surface area contributed by atoms with Crippen LogP contribution in [0, 0.1) is 5.92 Å². The molecule has 1 atom stereocenters. The first kappa shape index (κ1) is 13.5. The zero-order valence-electron chi connectivity index (χ0n) is 9.06. The fourth-order valence-electron chi connectivity index (χ4n) is 1.47. The second-order valence-electron chi connectivity index (χ2n) is 3.83. The third-order valence-electron chi connectivity index (χ3n) is 2.30. The summed E-state index contributed by atoms with van der Waals surface area (Å²) in [5.74, 6) is -0.0663. The predicted molar refractivity (Wildman–Crippen MR) is 64.4 cm³/mol. The van der Waals surface area contributed by atoms with Crippen LogP contribution < -0.4 is 0 Å². The molecule has 1 unspecified atom stereocenters. The molecular weight excluding hydrogens is 248 g/mol. The largest absolute Gasteiger partial charge is 0.396 e. The molecule has 0 amide bonds. The monoisotopic (exact) mass is 262 g/mol. The smallest absolute Gasteiger partial charge is 0.180 e. The van der Waals surface area contributed by atoms with Crippen LogP contribution in [0.15, 0.2) is 29.2 Å². The van der Waals surface area contributed by atoms with Gasteiger partial charge in [0.25, 0.3) is 0 Å². The van der Waals surface area contributed by atoms with Crippen molar-refractivity contribution in [1.29, 1.82) is 0 Å². The van der Waals surface area contributed by atoms with Crippen LogP contribution >= 0.6 is 11.6 Å². The Morgan fingerprint density at radius 2 is 2.00 bits per heavy atom. The van der Waals surface area contributed by atoms with E-state index in [0.29, 0.717) is 6.42 Å². The molecule has 90 valence electrons. The van der Waals surface area contributed by atoms with Gasteiger partial charge in [-0.3, -0.25) is 0 Å². The van der Waals surface area contributed by atoms with Gasteiger partial charge < -0.3 is 5.11 Å². The number of sulfone groups is 1. The molecule has 0 saturated carbocycles. The summed E-state index contributed by atoms with van der Waals surface area (Å²) in [5, 5.41) is 8.99. The highest BCUT2D eigenvalue weighted by Crippen LogP contribution is 2.23. The van der Waals surface area contributed by atoms with E-state index >= 15 is 0 Å². The molecule has 0 saturated heterocycles. The van der Waals surface area contributed by atoms with E-state index in [1.54, 1.807) is 25.1 Å². The SMILES string of the molecule is CC(CCO)CS(=O)(=O)c1ccccc1Cl. The number of benzene rings is 1. The second-order valence-corrected chi connectivity index (χ2v) is 6.24. The van der Waals surface area contributed by atoms with Crippen LogP contribution in [-0.2, 0) is 9.84 Å². The maximum Gasteiger partial charge on any atom is 0.180 e. The van der Waals surface area contributed by atoms with E-state index in [0.717, 1.165) is 0 Å². The van der Waals surface area contributed by atoms with E-state index in [1.165, 1.54) is 6.07 Å². The first-order chi connectivity index (χ1) is 7.47. The topological polar surface area (TPSA) is 54.4 Å². The van der Waals surface area contributed by atoms with Crippen molar-refractivity contribution in [3.63, 3.8) is 0 Å². The number of halogens is 1. The molecule has 0 aliphatic carbocycles. The Labute approximate surface area is 101 Å². The van der Waals surface area contributed by atoms with Crippen molar-refractivity contribution in [2.45, 2.75) is 18.2 Å². The van der Waals surface area contributed by atoms with Gasteiger partial charge in [-0.05, 0) is 24.5 Å². The third kappa shape index (κ3) is 3.47. The first-order valence-electron chi connectivity index (χ1n) is 5.05. The number of hydrogen-bond donors (Lipinski definition) is 1. The molecule has 1 rings (SSSR count). The molecule has 0 bridgehead atoms. The van der Waals surface area contributed by atoms with Gasteiger partial charge in [0, 0.05) is 6.61 Å². The lowest BCUT2D eigenvalue weighted by molar-refractivity contribution is 0.268. The van der Waals surface area contributed by atoms with Crippen molar-refractivity contribution >= 4 is 21.4 Å². The average Bonchev–Trinajstić information content (AvgIpc) is 2.17. The van der Waals surface area contributed by atoms with E-state index in [-0.39, 0.29) is 28.2 Å². The van der Waals surface area contributed by atoms with Crippen LogP contribution in [0.3, 0.4) is 0 Å². The fraction of sp³-hybridized carbons (Fsp3) is 0.455. The highest BCUT2D eigenvalue weighted by molar-refractivity contribution is 7.91. The summed E-state index contributed by atoms with van der Waals surface area (Å²) in [4.78, 5) is 0.168. The van der Waals surface area contributed by atoms with Crippen LogP contribution in [0.1, 0.15) is 13.3 Å². The maximum absolute atomic E-state index is 12.0. The average molecular weight is 263 g/mol. The van der Waals surface area contributed by atoms with E-state index in [4.69, 9.17) is 16.7 Å². The summed E-state index contributed by atoms with van der Waals surface area (Å²) < 4.78 is 23.9. The Morgan fingerprint density at radius 3 is 2.56 bits per heavy atom. The van der Waals surface area contributed by atoms with Crippen molar-refractivity contribution in [3.8, 4) is 0 Å². The Balaban J connectivity index is 2.91. The predicted octanol–water partition coefficient (Wildman–Crippen LogP) is 2.13. The summed E-state index contributed by atoms with van der Waals surface area (Å²) in [6.45, 7) is 1.80. The second kappa shape index (κ2) is 5.66. The summed E-state index contributed by atoms with van der Waals surface area (Å²) >= 11 is 5.84. The van der Waals surface area contributed by atoms with Gasteiger partial charge in [0.05, 0.1) is 15.7 Å². The summed E-state index contributed by atoms with van der Waals surface area (Å²) in [5.41, 5.74) is 0. The van der Waals surface area contributed by atoms with Crippen molar-refractivity contribution < 1.29 is 13.5 Å². The number of rotatable bonds is 5. The van der Waals surface area contributed by atoms with Gasteiger partial charge in [-0.2, -0.15) is 0 Å². The van der Waals surface area contributed by atoms with Crippen LogP contribution in [0.2, 0.25) is 5.02 Å². The first-order valence-corrected chi connectivity index (χ1v) is 7.08. The lowest BCUT2D eigenvalue weighted by Gasteiger charge is -2.11. The Kier molecular flexibility index (Phi) is 4.77. The van der Waals surface area contributed by atoms with E-state index in [2.05, 4.69) is 0 Å². The molecule has 0 spiro atoms. The summed E-state index contributed by atoms with van der Waals surface area (Å²) in [6.07, 6.45) is 0.476. The molecule has 0 heterocycles. The molecular formula is C11H15ClO3S.